The lowest BCUT2D eigenvalue weighted by atomic mass is 10.2. The molecule has 1 fully saturated rings. The summed E-state index contributed by atoms with van der Waals surface area (Å²) in [6, 6.07) is 4.08. The first kappa shape index (κ1) is 18.7. The molecule has 1 unspecified atom stereocenters. The van der Waals surface area contributed by atoms with Crippen molar-refractivity contribution >= 4 is 15.9 Å². The van der Waals surface area contributed by atoms with E-state index in [0.717, 1.165) is 12.8 Å². The summed E-state index contributed by atoms with van der Waals surface area (Å²) in [7, 11) is -2.38. The highest BCUT2D eigenvalue weighted by Crippen LogP contribution is 2.25. The van der Waals surface area contributed by atoms with Crippen LogP contribution in [0.15, 0.2) is 23.1 Å². The Hall–Kier alpha value is -1.64. The fourth-order valence-corrected chi connectivity index (χ4v) is 3.96. The third-order valence-electron chi connectivity index (χ3n) is 3.62. The van der Waals surface area contributed by atoms with Crippen LogP contribution in [0.4, 0.5) is 0 Å². The normalized spacial score (nSPS) is 17.9. The molecule has 24 heavy (non-hydrogen) atoms. The number of methoxy groups -OCH3 is 1. The molecular weight excluding hydrogens is 332 g/mol. The van der Waals surface area contributed by atoms with Crippen molar-refractivity contribution in [1.82, 2.24) is 10.0 Å². The van der Waals surface area contributed by atoms with Crippen molar-refractivity contribution in [2.24, 2.45) is 0 Å². The molecule has 0 bridgehead atoms. The Balaban J connectivity index is 2.19. The van der Waals surface area contributed by atoms with Crippen LogP contribution in [0.3, 0.4) is 0 Å². The van der Waals surface area contributed by atoms with Crippen LogP contribution in [0.2, 0.25) is 0 Å². The first-order valence-electron chi connectivity index (χ1n) is 7.93. The van der Waals surface area contributed by atoms with E-state index in [1.165, 1.54) is 25.3 Å². The summed E-state index contributed by atoms with van der Waals surface area (Å²) in [6.45, 7) is 4.58. The highest BCUT2D eigenvalue weighted by molar-refractivity contribution is 7.89. The van der Waals surface area contributed by atoms with Crippen LogP contribution in [0.25, 0.3) is 0 Å². The van der Waals surface area contributed by atoms with Crippen LogP contribution < -0.4 is 14.8 Å². The van der Waals surface area contributed by atoms with E-state index in [-0.39, 0.29) is 34.3 Å². The van der Waals surface area contributed by atoms with Gasteiger partial charge in [-0.05, 0) is 44.9 Å². The van der Waals surface area contributed by atoms with Gasteiger partial charge in [-0.2, -0.15) is 0 Å². The van der Waals surface area contributed by atoms with Crippen LogP contribution in [0.5, 0.6) is 5.75 Å². The van der Waals surface area contributed by atoms with Crippen molar-refractivity contribution in [3.63, 3.8) is 0 Å². The number of carbonyl (C=O) groups excluding carboxylic acids is 1. The Labute approximate surface area is 142 Å². The Morgan fingerprint density at radius 2 is 2.17 bits per heavy atom. The van der Waals surface area contributed by atoms with Crippen molar-refractivity contribution in [2.45, 2.75) is 43.7 Å². The van der Waals surface area contributed by atoms with Gasteiger partial charge in [0.15, 0.2) is 0 Å². The molecule has 0 aromatic heterocycles. The second kappa shape index (κ2) is 7.96. The van der Waals surface area contributed by atoms with Gasteiger partial charge in [-0.3, -0.25) is 4.79 Å². The molecule has 0 saturated carbocycles. The average Bonchev–Trinajstić information content (AvgIpc) is 3.04. The molecule has 134 valence electrons. The zero-order valence-electron chi connectivity index (χ0n) is 14.2. The number of carbonyl (C=O) groups is 1. The molecule has 8 heteroatoms. The molecular formula is C16H24N2O5S. The van der Waals surface area contributed by atoms with Gasteiger partial charge in [-0.25, -0.2) is 13.1 Å². The molecule has 7 nitrogen and oxygen atoms in total. The van der Waals surface area contributed by atoms with E-state index in [2.05, 4.69) is 10.0 Å². The maximum Gasteiger partial charge on any atom is 0.251 e. The minimum atomic E-state index is -3.77. The van der Waals surface area contributed by atoms with Gasteiger partial charge in [0.1, 0.15) is 10.6 Å². The molecule has 2 rings (SSSR count). The van der Waals surface area contributed by atoms with Gasteiger partial charge >= 0.3 is 0 Å². The smallest absolute Gasteiger partial charge is 0.251 e. The van der Waals surface area contributed by atoms with Crippen molar-refractivity contribution in [3.8, 4) is 5.75 Å². The van der Waals surface area contributed by atoms with Gasteiger partial charge in [0.25, 0.3) is 5.91 Å². The molecule has 1 aliphatic heterocycles. The van der Waals surface area contributed by atoms with Gasteiger partial charge in [-0.15, -0.1) is 0 Å². The topological polar surface area (TPSA) is 93.7 Å². The summed E-state index contributed by atoms with van der Waals surface area (Å²) in [6.07, 6.45) is 1.94. The number of nitrogens with one attached hydrogen (secondary N) is 2. The van der Waals surface area contributed by atoms with Crippen molar-refractivity contribution in [3.05, 3.63) is 23.8 Å². The minimum absolute atomic E-state index is 0.0259. The quantitative estimate of drug-likeness (QED) is 0.768. The number of ether oxygens (including phenoxy) is 2. The van der Waals surface area contributed by atoms with Crippen molar-refractivity contribution < 1.29 is 22.7 Å². The molecule has 1 aromatic rings. The van der Waals surface area contributed by atoms with E-state index >= 15 is 0 Å². The predicted molar refractivity (Wildman–Crippen MR) is 89.8 cm³/mol. The zero-order valence-corrected chi connectivity index (χ0v) is 15.0. The largest absolute Gasteiger partial charge is 0.495 e. The molecule has 1 aromatic carbocycles. The number of hydrogen-bond acceptors (Lipinski definition) is 5. The monoisotopic (exact) mass is 356 g/mol. The third kappa shape index (κ3) is 4.68. The molecule has 1 aliphatic rings. The molecule has 1 heterocycles. The summed E-state index contributed by atoms with van der Waals surface area (Å²) >= 11 is 0. The standard InChI is InChI=1S/C16H24N2O5S/c1-11(2)18-24(20,21)15-9-12(6-7-14(15)22-3)16(19)17-10-13-5-4-8-23-13/h6-7,9,11,13,18H,4-5,8,10H2,1-3H3,(H,17,19). The molecule has 1 saturated heterocycles. The highest BCUT2D eigenvalue weighted by Gasteiger charge is 2.23. The van der Waals surface area contributed by atoms with E-state index in [4.69, 9.17) is 9.47 Å². The van der Waals surface area contributed by atoms with E-state index in [1.807, 2.05) is 0 Å². The molecule has 0 radical (unpaired) electrons. The Morgan fingerprint density at radius 3 is 2.75 bits per heavy atom. The van der Waals surface area contributed by atoms with Gasteiger partial charge in [0.2, 0.25) is 10.0 Å². The lowest BCUT2D eigenvalue weighted by Gasteiger charge is -2.15. The highest BCUT2D eigenvalue weighted by atomic mass is 32.2. The van der Waals surface area contributed by atoms with Gasteiger partial charge in [-0.1, -0.05) is 0 Å². The summed E-state index contributed by atoms with van der Waals surface area (Å²) in [4.78, 5) is 12.2. The second-order valence-electron chi connectivity index (χ2n) is 5.99. The van der Waals surface area contributed by atoms with Crippen LogP contribution >= 0.6 is 0 Å². The van der Waals surface area contributed by atoms with Crippen LogP contribution in [0.1, 0.15) is 37.0 Å². The SMILES string of the molecule is COc1ccc(C(=O)NCC2CCCO2)cc1S(=O)(=O)NC(C)C. The average molecular weight is 356 g/mol. The van der Waals surface area contributed by atoms with Crippen molar-refractivity contribution in [1.29, 1.82) is 0 Å². The van der Waals surface area contributed by atoms with E-state index in [0.29, 0.717) is 13.2 Å². The molecule has 0 spiro atoms. The lowest BCUT2D eigenvalue weighted by Crippen LogP contribution is -2.33. The maximum absolute atomic E-state index is 12.4. The second-order valence-corrected chi connectivity index (χ2v) is 7.67. The third-order valence-corrected chi connectivity index (χ3v) is 5.30. The summed E-state index contributed by atoms with van der Waals surface area (Å²) in [5.41, 5.74) is 0.262. The minimum Gasteiger partial charge on any atom is -0.495 e. The Morgan fingerprint density at radius 1 is 1.42 bits per heavy atom. The number of rotatable bonds is 7. The van der Waals surface area contributed by atoms with Gasteiger partial charge in [0.05, 0.1) is 13.2 Å². The van der Waals surface area contributed by atoms with Crippen LogP contribution in [-0.2, 0) is 14.8 Å². The molecule has 1 amide bonds. The van der Waals surface area contributed by atoms with E-state index in [1.54, 1.807) is 13.8 Å². The van der Waals surface area contributed by atoms with E-state index < -0.39 is 10.0 Å². The Kier molecular flexibility index (Phi) is 6.20. The number of hydrogen-bond donors (Lipinski definition) is 2. The van der Waals surface area contributed by atoms with Gasteiger partial charge in [0, 0.05) is 24.8 Å². The summed E-state index contributed by atoms with van der Waals surface area (Å²) in [5, 5.41) is 2.78. The number of amides is 1. The predicted octanol–water partition coefficient (Wildman–Crippen LogP) is 1.29. The molecule has 1 atom stereocenters. The van der Waals surface area contributed by atoms with Gasteiger partial charge < -0.3 is 14.8 Å². The first-order chi connectivity index (χ1) is 11.3. The zero-order chi connectivity index (χ0) is 17.7. The van der Waals surface area contributed by atoms with Crippen LogP contribution in [-0.4, -0.2) is 46.7 Å². The molecule has 0 aliphatic carbocycles. The fourth-order valence-electron chi connectivity index (χ4n) is 2.52. The summed E-state index contributed by atoms with van der Waals surface area (Å²) < 4.78 is 37.9. The fraction of sp³-hybridized carbons (Fsp3) is 0.562. The maximum atomic E-state index is 12.4. The number of sulfonamides is 1. The number of benzene rings is 1. The first-order valence-corrected chi connectivity index (χ1v) is 9.42. The van der Waals surface area contributed by atoms with Crippen molar-refractivity contribution in [2.75, 3.05) is 20.3 Å². The molecule has 2 N–H and O–H groups in total. The Bertz CT molecular complexity index is 682. The summed E-state index contributed by atoms with van der Waals surface area (Å²) in [5.74, 6) is -0.145. The lowest BCUT2D eigenvalue weighted by molar-refractivity contribution is 0.0857. The van der Waals surface area contributed by atoms with E-state index in [9.17, 15) is 13.2 Å². The van der Waals surface area contributed by atoms with Crippen LogP contribution in [0, 0.1) is 0 Å².